The average Bonchev–Trinajstić information content (AvgIpc) is 2.69. The van der Waals surface area contributed by atoms with Gasteiger partial charge in [0.2, 0.25) is 0 Å². The predicted octanol–water partition coefficient (Wildman–Crippen LogP) is 6.98. The summed E-state index contributed by atoms with van der Waals surface area (Å²) in [6.07, 6.45) is 10.2. The Kier molecular flexibility index (Phi) is 4.83. The van der Waals surface area contributed by atoms with E-state index >= 15 is 0 Å². The second-order valence-corrected chi connectivity index (χ2v) is 7.51. The zero-order valence-corrected chi connectivity index (χ0v) is 15.1. The minimum atomic E-state index is 0.752. The van der Waals surface area contributed by atoms with E-state index in [0.29, 0.717) is 0 Å². The highest BCUT2D eigenvalue weighted by atomic mass is 14.7. The van der Waals surface area contributed by atoms with Crippen LogP contribution in [0.4, 0.5) is 0 Å². The zero-order chi connectivity index (χ0) is 17.1. The van der Waals surface area contributed by atoms with Gasteiger partial charge in [0.15, 0.2) is 0 Å². The first-order chi connectivity index (χ1) is 12.3. The lowest BCUT2D eigenvalue weighted by molar-refractivity contribution is 0.308. The summed E-state index contributed by atoms with van der Waals surface area (Å²) in [7, 11) is 0. The summed E-state index contributed by atoms with van der Waals surface area (Å²) in [5.41, 5.74) is 3.83. The molecule has 1 aromatic heterocycles. The summed E-state index contributed by atoms with van der Waals surface area (Å²) in [5.74, 6) is 1.73. The lowest BCUT2D eigenvalue weighted by Gasteiger charge is -2.28. The lowest BCUT2D eigenvalue weighted by Crippen LogP contribution is -2.13. The Morgan fingerprint density at radius 1 is 0.880 bits per heavy atom. The Morgan fingerprint density at radius 3 is 2.40 bits per heavy atom. The molecule has 1 fully saturated rings. The topological polar surface area (TPSA) is 12.9 Å². The smallest absolute Gasteiger partial charge is 0.0780 e. The number of pyridine rings is 1. The molecule has 0 spiro atoms. The minimum absolute atomic E-state index is 0.752. The highest BCUT2D eigenvalue weighted by Crippen LogP contribution is 2.38. The van der Waals surface area contributed by atoms with Gasteiger partial charge in [0.05, 0.1) is 5.69 Å². The highest BCUT2D eigenvalue weighted by molar-refractivity contribution is 5.94. The molecule has 25 heavy (non-hydrogen) atoms. The van der Waals surface area contributed by atoms with Crippen LogP contribution >= 0.6 is 0 Å². The van der Waals surface area contributed by atoms with Gasteiger partial charge in [-0.1, -0.05) is 68.3 Å². The number of nitrogens with zero attached hydrogens (tertiary/aromatic N) is 1. The van der Waals surface area contributed by atoms with Gasteiger partial charge in [-0.3, -0.25) is 4.98 Å². The molecule has 0 unspecified atom stereocenters. The molecule has 1 aliphatic rings. The third kappa shape index (κ3) is 3.46. The van der Waals surface area contributed by atoms with Crippen LogP contribution in [0, 0.1) is 5.92 Å². The fourth-order valence-corrected chi connectivity index (χ4v) is 4.46. The van der Waals surface area contributed by atoms with Crippen molar-refractivity contribution in [1.29, 1.82) is 0 Å². The first-order valence-electron chi connectivity index (χ1n) is 9.79. The van der Waals surface area contributed by atoms with Crippen molar-refractivity contribution in [2.45, 2.75) is 51.4 Å². The average molecular weight is 329 g/mol. The van der Waals surface area contributed by atoms with Crippen molar-refractivity contribution in [1.82, 2.24) is 4.98 Å². The fourth-order valence-electron chi connectivity index (χ4n) is 4.46. The van der Waals surface area contributed by atoms with E-state index in [0.717, 1.165) is 17.5 Å². The molecule has 0 N–H and O–H groups in total. The SMILES string of the molecule is CCCC1CCC(c2ccc(-c3nccc4ccccc34)cc2)CC1. The molecule has 0 aliphatic heterocycles. The maximum Gasteiger partial charge on any atom is 0.0780 e. The van der Waals surface area contributed by atoms with Crippen LogP contribution in [0.1, 0.15) is 56.9 Å². The number of hydrogen-bond donors (Lipinski definition) is 0. The van der Waals surface area contributed by atoms with Crippen LogP contribution in [0.3, 0.4) is 0 Å². The quantitative estimate of drug-likeness (QED) is 0.503. The molecule has 0 saturated heterocycles. The summed E-state index contributed by atoms with van der Waals surface area (Å²) in [6.45, 7) is 2.31. The maximum absolute atomic E-state index is 4.65. The second kappa shape index (κ2) is 7.39. The minimum Gasteiger partial charge on any atom is -0.256 e. The maximum atomic E-state index is 4.65. The van der Waals surface area contributed by atoms with Gasteiger partial charge in [0, 0.05) is 17.1 Å². The Hall–Kier alpha value is -2.15. The third-order valence-corrected chi connectivity index (χ3v) is 5.87. The molecule has 0 bridgehead atoms. The van der Waals surface area contributed by atoms with Crippen molar-refractivity contribution < 1.29 is 0 Å². The number of benzene rings is 2. The normalized spacial score (nSPS) is 20.7. The molecule has 0 amide bonds. The van der Waals surface area contributed by atoms with E-state index in [1.54, 1.807) is 0 Å². The van der Waals surface area contributed by atoms with Crippen molar-refractivity contribution in [2.75, 3.05) is 0 Å². The number of hydrogen-bond acceptors (Lipinski definition) is 1. The fraction of sp³-hybridized carbons (Fsp3) is 0.375. The molecule has 1 heterocycles. The van der Waals surface area contributed by atoms with Crippen molar-refractivity contribution in [2.24, 2.45) is 5.92 Å². The van der Waals surface area contributed by atoms with Crippen LogP contribution in [-0.2, 0) is 0 Å². The molecule has 2 aromatic carbocycles. The molecule has 128 valence electrons. The Morgan fingerprint density at radius 2 is 1.64 bits per heavy atom. The van der Waals surface area contributed by atoms with E-state index in [4.69, 9.17) is 0 Å². The van der Waals surface area contributed by atoms with E-state index in [1.165, 1.54) is 60.4 Å². The van der Waals surface area contributed by atoms with Crippen molar-refractivity contribution >= 4 is 10.8 Å². The molecular formula is C24H27N. The molecule has 1 aliphatic carbocycles. The Balaban J connectivity index is 1.54. The molecule has 1 heteroatoms. The van der Waals surface area contributed by atoms with Gasteiger partial charge >= 0.3 is 0 Å². The number of fused-ring (bicyclic) bond motifs is 1. The first-order valence-corrected chi connectivity index (χ1v) is 9.79. The number of aromatic nitrogens is 1. The summed E-state index contributed by atoms with van der Waals surface area (Å²) >= 11 is 0. The molecule has 1 nitrogen and oxygen atoms in total. The van der Waals surface area contributed by atoms with Gasteiger partial charge in [-0.05, 0) is 54.5 Å². The van der Waals surface area contributed by atoms with Gasteiger partial charge in [-0.2, -0.15) is 0 Å². The number of rotatable bonds is 4. The monoisotopic (exact) mass is 329 g/mol. The molecular weight excluding hydrogens is 302 g/mol. The summed E-state index contributed by atoms with van der Waals surface area (Å²) in [6, 6.07) is 19.8. The molecule has 1 saturated carbocycles. The van der Waals surface area contributed by atoms with Crippen LogP contribution in [0.15, 0.2) is 60.8 Å². The summed E-state index contributed by atoms with van der Waals surface area (Å²) in [5, 5.41) is 2.49. The summed E-state index contributed by atoms with van der Waals surface area (Å²) < 4.78 is 0. The van der Waals surface area contributed by atoms with Crippen LogP contribution in [-0.4, -0.2) is 4.98 Å². The predicted molar refractivity (Wildman–Crippen MR) is 107 cm³/mol. The molecule has 4 rings (SSSR count). The third-order valence-electron chi connectivity index (χ3n) is 5.87. The first kappa shape index (κ1) is 16.3. The molecule has 0 radical (unpaired) electrons. The summed E-state index contributed by atoms with van der Waals surface area (Å²) in [4.78, 5) is 4.65. The standard InChI is InChI=1S/C24H27N/c1-2-5-18-8-10-19(11-9-18)20-12-14-22(15-13-20)24-23-7-4-3-6-21(23)16-17-25-24/h3-4,6-7,12-19H,2,5,8-11H2,1H3. The van der Waals surface area contributed by atoms with E-state index in [2.05, 4.69) is 66.5 Å². The zero-order valence-electron chi connectivity index (χ0n) is 15.1. The lowest BCUT2D eigenvalue weighted by atomic mass is 9.77. The Bertz CT molecular complexity index is 821. The van der Waals surface area contributed by atoms with Crippen LogP contribution in [0.5, 0.6) is 0 Å². The van der Waals surface area contributed by atoms with Gasteiger partial charge in [-0.25, -0.2) is 0 Å². The van der Waals surface area contributed by atoms with Gasteiger partial charge in [0.25, 0.3) is 0 Å². The van der Waals surface area contributed by atoms with Crippen molar-refractivity contribution in [3.05, 3.63) is 66.4 Å². The van der Waals surface area contributed by atoms with E-state index in [-0.39, 0.29) is 0 Å². The van der Waals surface area contributed by atoms with Crippen LogP contribution in [0.2, 0.25) is 0 Å². The van der Waals surface area contributed by atoms with E-state index in [9.17, 15) is 0 Å². The Labute approximate surface area is 151 Å². The molecule has 3 aromatic rings. The van der Waals surface area contributed by atoms with E-state index in [1.807, 2.05) is 6.20 Å². The van der Waals surface area contributed by atoms with Gasteiger partial charge in [-0.15, -0.1) is 0 Å². The molecule has 0 atom stereocenters. The second-order valence-electron chi connectivity index (χ2n) is 7.51. The van der Waals surface area contributed by atoms with E-state index < -0.39 is 0 Å². The van der Waals surface area contributed by atoms with Crippen LogP contribution in [0.25, 0.3) is 22.0 Å². The largest absolute Gasteiger partial charge is 0.256 e. The van der Waals surface area contributed by atoms with Gasteiger partial charge < -0.3 is 0 Å². The van der Waals surface area contributed by atoms with Gasteiger partial charge in [0.1, 0.15) is 0 Å². The van der Waals surface area contributed by atoms with Crippen LogP contribution < -0.4 is 0 Å². The van der Waals surface area contributed by atoms with Crippen molar-refractivity contribution in [3.8, 4) is 11.3 Å². The van der Waals surface area contributed by atoms with Crippen molar-refractivity contribution in [3.63, 3.8) is 0 Å². The highest BCUT2D eigenvalue weighted by Gasteiger charge is 2.21.